The van der Waals surface area contributed by atoms with Crippen LogP contribution >= 0.6 is 11.8 Å². The number of aromatic nitrogens is 3. The Morgan fingerprint density at radius 3 is 2.17 bits per heavy atom. The standard InChI is InChI=1S/C22H31N7O.C17H26F3NS/c1-14(25-10-5-11-26-20(23)24)15-6-8-17(9-7-15)29-13-16-12-18(22(2,3)4)27-19(16)28-21(29)30;1-15(2,3)13-9-12(7-6-8-16(4,5)21)10-14(11-13)22-17(18,19)20/h6-9,12-14,25H,5,10-11H2,1-4H3,(H4,23,24,26)(H,27,28,30);9-11H,6-8,21H2,1-5H3/t14-;/m0./s1. The van der Waals surface area contributed by atoms with Crippen molar-refractivity contribution in [1.29, 1.82) is 0 Å². The highest BCUT2D eigenvalue weighted by atomic mass is 32.2. The minimum absolute atomic E-state index is 0.0390. The molecule has 2 heterocycles. The van der Waals surface area contributed by atoms with Crippen molar-refractivity contribution in [3.8, 4) is 5.69 Å². The summed E-state index contributed by atoms with van der Waals surface area (Å²) in [6, 6.07) is 15.5. The highest BCUT2D eigenvalue weighted by molar-refractivity contribution is 8.00. The van der Waals surface area contributed by atoms with Crippen molar-refractivity contribution < 1.29 is 13.2 Å². The highest BCUT2D eigenvalue weighted by Gasteiger charge is 2.30. The number of fused-ring (bicyclic) bond motifs is 1. The number of alkyl halides is 3. The number of halogens is 3. The van der Waals surface area contributed by atoms with Crippen molar-refractivity contribution in [3.05, 3.63) is 87.6 Å². The zero-order valence-electron chi connectivity index (χ0n) is 32.0. The van der Waals surface area contributed by atoms with E-state index in [2.05, 4.69) is 54.0 Å². The summed E-state index contributed by atoms with van der Waals surface area (Å²) in [6.07, 6.45) is 5.16. The summed E-state index contributed by atoms with van der Waals surface area (Å²) < 4.78 is 39.6. The predicted octanol–water partition coefficient (Wildman–Crippen LogP) is 7.98. The molecule has 0 radical (unpaired) electrons. The lowest BCUT2D eigenvalue weighted by Gasteiger charge is -2.22. The van der Waals surface area contributed by atoms with Gasteiger partial charge in [-0.15, -0.1) is 0 Å². The van der Waals surface area contributed by atoms with Gasteiger partial charge < -0.3 is 27.5 Å². The molecule has 0 spiro atoms. The molecule has 286 valence electrons. The van der Waals surface area contributed by atoms with Gasteiger partial charge in [0.15, 0.2) is 5.96 Å². The fourth-order valence-corrected chi connectivity index (χ4v) is 6.07. The molecule has 4 aromatic rings. The molecule has 0 saturated heterocycles. The van der Waals surface area contributed by atoms with Crippen LogP contribution in [0.4, 0.5) is 13.2 Å². The van der Waals surface area contributed by atoms with Crippen molar-refractivity contribution >= 4 is 28.8 Å². The normalized spacial score (nSPS) is 13.1. The molecule has 2 aromatic heterocycles. The number of nitrogens with one attached hydrogen (secondary N) is 2. The first-order valence-corrected chi connectivity index (χ1v) is 18.4. The Kier molecular flexibility index (Phi) is 14.2. The molecule has 9 nitrogen and oxygen atoms in total. The second-order valence-electron chi connectivity index (χ2n) is 16.1. The van der Waals surface area contributed by atoms with Gasteiger partial charge in [0.05, 0.1) is 5.69 Å². The third kappa shape index (κ3) is 14.0. The van der Waals surface area contributed by atoms with Crippen molar-refractivity contribution in [2.75, 3.05) is 13.1 Å². The lowest BCUT2D eigenvalue weighted by atomic mass is 9.85. The van der Waals surface area contributed by atoms with Crippen molar-refractivity contribution in [2.45, 2.75) is 121 Å². The molecule has 0 aliphatic carbocycles. The van der Waals surface area contributed by atoms with Crippen molar-refractivity contribution in [2.24, 2.45) is 22.2 Å². The number of guanidine groups is 1. The molecule has 0 unspecified atom stereocenters. The Balaban J connectivity index is 0.000000295. The molecule has 0 aliphatic heterocycles. The van der Waals surface area contributed by atoms with Crippen LogP contribution in [-0.4, -0.2) is 44.6 Å². The van der Waals surface area contributed by atoms with E-state index in [4.69, 9.17) is 17.2 Å². The largest absolute Gasteiger partial charge is 0.446 e. The van der Waals surface area contributed by atoms with Crippen LogP contribution in [0.5, 0.6) is 0 Å². The quantitative estimate of drug-likeness (QED) is 0.0427. The molecule has 0 aliphatic rings. The van der Waals surface area contributed by atoms with Gasteiger partial charge in [0.1, 0.15) is 5.65 Å². The predicted molar refractivity (Wildman–Crippen MR) is 210 cm³/mol. The summed E-state index contributed by atoms with van der Waals surface area (Å²) in [6.45, 7) is 19.8. The summed E-state index contributed by atoms with van der Waals surface area (Å²) in [4.78, 5) is 24.3. The first-order chi connectivity index (χ1) is 23.9. The van der Waals surface area contributed by atoms with Crippen LogP contribution in [0.1, 0.15) is 110 Å². The Morgan fingerprint density at radius 2 is 1.62 bits per heavy atom. The zero-order valence-corrected chi connectivity index (χ0v) is 32.9. The van der Waals surface area contributed by atoms with Crippen LogP contribution < -0.4 is 28.2 Å². The maximum Gasteiger partial charge on any atom is 0.446 e. The van der Waals surface area contributed by atoms with Gasteiger partial charge in [-0.2, -0.15) is 18.2 Å². The van der Waals surface area contributed by atoms with Gasteiger partial charge >= 0.3 is 11.2 Å². The van der Waals surface area contributed by atoms with Crippen molar-refractivity contribution in [1.82, 2.24) is 19.9 Å². The lowest BCUT2D eigenvalue weighted by Crippen LogP contribution is -2.31. The molecular formula is C39H57F3N8OS. The fraction of sp³-hybridized carbons (Fsp3) is 0.513. The number of aryl methyl sites for hydroxylation is 1. The SMILES string of the molecule is CC(C)(N)CCCc1cc(SC(F)(F)F)cc(C(C)(C)C)c1.C[C@H](NCCCN=C(N)N)c1ccc(-n2cc3cc(C(C)(C)C)[nH]c3nc2=O)cc1. The van der Waals surface area contributed by atoms with E-state index in [1.165, 1.54) is 0 Å². The summed E-state index contributed by atoms with van der Waals surface area (Å²) in [5.41, 5.74) is 17.1. The molecular weight excluding hydrogens is 686 g/mol. The Bertz CT molecular complexity index is 1840. The molecule has 0 bridgehead atoms. The van der Waals surface area contributed by atoms with E-state index in [0.29, 0.717) is 12.2 Å². The molecule has 8 N–H and O–H groups in total. The minimum Gasteiger partial charge on any atom is -0.370 e. The second-order valence-corrected chi connectivity index (χ2v) is 17.2. The minimum atomic E-state index is -4.26. The monoisotopic (exact) mass is 742 g/mol. The van der Waals surface area contributed by atoms with Gasteiger partial charge in [0.2, 0.25) is 0 Å². The summed E-state index contributed by atoms with van der Waals surface area (Å²) in [5.74, 6) is 0.121. The second kappa shape index (κ2) is 17.3. The number of nitrogens with zero attached hydrogens (tertiary/aromatic N) is 3. The fourth-order valence-electron chi connectivity index (χ4n) is 5.41. The first kappa shape index (κ1) is 42.6. The molecule has 0 amide bonds. The van der Waals surface area contributed by atoms with Crippen LogP contribution in [0, 0.1) is 0 Å². The van der Waals surface area contributed by atoms with Crippen LogP contribution in [0.25, 0.3) is 16.7 Å². The topological polar surface area (TPSA) is 153 Å². The number of aromatic amines is 1. The van der Waals surface area contributed by atoms with Crippen LogP contribution in [-0.2, 0) is 17.3 Å². The van der Waals surface area contributed by atoms with Gasteiger partial charge in [-0.05, 0) is 117 Å². The van der Waals surface area contributed by atoms with Crippen LogP contribution in [0.3, 0.4) is 0 Å². The molecule has 13 heteroatoms. The van der Waals surface area contributed by atoms with Gasteiger partial charge in [0.25, 0.3) is 0 Å². The molecule has 2 aromatic carbocycles. The Hall–Kier alpha value is -3.81. The maximum atomic E-state index is 12.7. The van der Waals surface area contributed by atoms with E-state index in [9.17, 15) is 18.0 Å². The molecule has 52 heavy (non-hydrogen) atoms. The Morgan fingerprint density at radius 1 is 0.962 bits per heavy atom. The van der Waals surface area contributed by atoms with E-state index in [1.807, 2.05) is 71.1 Å². The van der Waals surface area contributed by atoms with Gasteiger partial charge in [-0.1, -0.05) is 59.7 Å². The maximum absolute atomic E-state index is 12.7. The lowest BCUT2D eigenvalue weighted by molar-refractivity contribution is -0.0328. The number of hydrogen-bond acceptors (Lipinski definition) is 6. The molecule has 1 atom stereocenters. The molecule has 0 saturated carbocycles. The number of benzene rings is 2. The number of rotatable bonds is 12. The third-order valence-electron chi connectivity index (χ3n) is 8.42. The summed E-state index contributed by atoms with van der Waals surface area (Å²) in [5, 5.41) is 4.36. The van der Waals surface area contributed by atoms with Crippen LogP contribution in [0.15, 0.2) is 69.4 Å². The van der Waals surface area contributed by atoms with E-state index in [1.54, 1.807) is 16.7 Å². The van der Waals surface area contributed by atoms with Gasteiger partial charge in [-0.3, -0.25) is 9.56 Å². The van der Waals surface area contributed by atoms with E-state index >= 15 is 0 Å². The average Bonchev–Trinajstić information content (AvgIpc) is 3.42. The number of aliphatic imine (C=N–C) groups is 1. The van der Waals surface area contributed by atoms with Crippen molar-refractivity contribution in [3.63, 3.8) is 0 Å². The Labute approximate surface area is 310 Å². The zero-order chi connectivity index (χ0) is 39.1. The smallest absolute Gasteiger partial charge is 0.370 e. The highest BCUT2D eigenvalue weighted by Crippen LogP contribution is 2.39. The van der Waals surface area contributed by atoms with Gasteiger partial charge in [-0.25, -0.2) is 4.79 Å². The number of hydrogen-bond donors (Lipinski definition) is 5. The van der Waals surface area contributed by atoms with E-state index in [0.717, 1.165) is 65.7 Å². The summed E-state index contributed by atoms with van der Waals surface area (Å²) >= 11 is -0.0405. The number of nitrogens with two attached hydrogens (primary N) is 3. The number of thioether (sulfide) groups is 1. The molecule has 4 rings (SSSR count). The average molecular weight is 743 g/mol. The van der Waals surface area contributed by atoms with E-state index in [-0.39, 0.29) is 50.7 Å². The summed E-state index contributed by atoms with van der Waals surface area (Å²) in [7, 11) is 0. The molecule has 0 fully saturated rings. The first-order valence-electron chi connectivity index (χ1n) is 17.6. The van der Waals surface area contributed by atoms with E-state index < -0.39 is 5.51 Å². The van der Waals surface area contributed by atoms with Gasteiger partial charge in [0, 0.05) is 45.7 Å². The van der Waals surface area contributed by atoms with Crippen LogP contribution in [0.2, 0.25) is 0 Å². The number of H-pyrrole nitrogens is 1. The third-order valence-corrected chi connectivity index (χ3v) is 9.12.